The number of nitrogens with zero attached hydrogens (tertiary/aromatic N) is 3. The van der Waals surface area contributed by atoms with E-state index in [1.54, 1.807) is 55.5 Å². The van der Waals surface area contributed by atoms with Gasteiger partial charge in [0.15, 0.2) is 4.80 Å². The highest BCUT2D eigenvalue weighted by atomic mass is 32.2. The second-order valence-electron chi connectivity index (χ2n) is 8.20. The third kappa shape index (κ3) is 5.91. The van der Waals surface area contributed by atoms with Crippen molar-refractivity contribution in [3.05, 3.63) is 88.7 Å². The maximum absolute atomic E-state index is 13.1. The van der Waals surface area contributed by atoms with Crippen molar-refractivity contribution >= 4 is 55.1 Å². The molecule has 0 unspecified atom stereocenters. The fourth-order valence-electron chi connectivity index (χ4n) is 3.75. The standard InChI is InChI=1S/C27H25N3O7S2/c1-4-37-24(31)17-30-22-15-12-19(26(33)36-3)16-23(22)38-27(30)28-25(32)18-10-13-21(14-11-18)39(34,35)29(2)20-8-6-5-7-9-20/h5-16H,4,17H2,1-3H3. The molecule has 0 fully saturated rings. The van der Waals surface area contributed by atoms with Gasteiger partial charge in [-0.1, -0.05) is 29.5 Å². The first-order chi connectivity index (χ1) is 18.6. The monoisotopic (exact) mass is 567 g/mol. The quantitative estimate of drug-likeness (QED) is 0.298. The van der Waals surface area contributed by atoms with Gasteiger partial charge in [-0.25, -0.2) is 13.2 Å². The number of esters is 2. The number of thiazole rings is 1. The van der Waals surface area contributed by atoms with Crippen LogP contribution in [0.4, 0.5) is 5.69 Å². The van der Waals surface area contributed by atoms with Crippen LogP contribution in [0.25, 0.3) is 10.2 Å². The van der Waals surface area contributed by atoms with Crippen LogP contribution in [0.5, 0.6) is 0 Å². The lowest BCUT2D eigenvalue weighted by molar-refractivity contribution is -0.143. The van der Waals surface area contributed by atoms with Gasteiger partial charge < -0.3 is 14.0 Å². The van der Waals surface area contributed by atoms with Crippen molar-refractivity contribution in [3.63, 3.8) is 0 Å². The summed E-state index contributed by atoms with van der Waals surface area (Å²) in [6, 6.07) is 18.9. The van der Waals surface area contributed by atoms with Gasteiger partial charge in [-0.2, -0.15) is 4.99 Å². The van der Waals surface area contributed by atoms with Gasteiger partial charge in [-0.05, 0) is 61.5 Å². The van der Waals surface area contributed by atoms with Crippen LogP contribution in [0.15, 0.2) is 82.7 Å². The number of para-hydroxylation sites is 1. The Labute approximate surface area is 228 Å². The maximum Gasteiger partial charge on any atom is 0.337 e. The number of carbonyl (C=O) groups excluding carboxylic acids is 3. The molecule has 0 saturated heterocycles. The zero-order valence-corrected chi connectivity index (χ0v) is 23.0. The summed E-state index contributed by atoms with van der Waals surface area (Å²) in [5.74, 6) is -1.67. The molecule has 0 spiro atoms. The third-order valence-electron chi connectivity index (χ3n) is 5.77. The molecular weight excluding hydrogens is 542 g/mol. The summed E-state index contributed by atoms with van der Waals surface area (Å²) in [7, 11) is -1.12. The number of aromatic nitrogens is 1. The van der Waals surface area contributed by atoms with Crippen LogP contribution < -0.4 is 9.11 Å². The predicted octanol–water partition coefficient (Wildman–Crippen LogP) is 3.62. The van der Waals surface area contributed by atoms with Gasteiger partial charge in [-0.15, -0.1) is 0 Å². The van der Waals surface area contributed by atoms with Gasteiger partial charge in [0, 0.05) is 12.6 Å². The molecule has 4 rings (SSSR count). The van der Waals surface area contributed by atoms with Gasteiger partial charge in [0.05, 0.1) is 40.1 Å². The van der Waals surface area contributed by atoms with Crippen LogP contribution >= 0.6 is 11.3 Å². The molecule has 202 valence electrons. The summed E-state index contributed by atoms with van der Waals surface area (Å²) in [5, 5.41) is 0. The Morgan fingerprint density at radius 1 is 0.974 bits per heavy atom. The summed E-state index contributed by atoms with van der Waals surface area (Å²) in [6.45, 7) is 1.68. The topological polar surface area (TPSA) is 124 Å². The Bertz CT molecular complexity index is 1710. The lowest BCUT2D eigenvalue weighted by Gasteiger charge is -2.19. The van der Waals surface area contributed by atoms with E-state index in [1.807, 2.05) is 0 Å². The second-order valence-corrected chi connectivity index (χ2v) is 11.2. The zero-order valence-electron chi connectivity index (χ0n) is 21.4. The molecule has 4 aromatic rings. The average molecular weight is 568 g/mol. The fourth-order valence-corrected chi connectivity index (χ4v) is 6.01. The van der Waals surface area contributed by atoms with Crippen LogP contribution in [0.2, 0.25) is 0 Å². The first-order valence-corrected chi connectivity index (χ1v) is 14.0. The molecule has 1 heterocycles. The van der Waals surface area contributed by atoms with E-state index in [-0.39, 0.29) is 28.4 Å². The Morgan fingerprint density at radius 2 is 1.64 bits per heavy atom. The smallest absolute Gasteiger partial charge is 0.337 e. The SMILES string of the molecule is CCOC(=O)Cn1c(=NC(=O)c2ccc(S(=O)(=O)N(C)c3ccccc3)cc2)sc2cc(C(=O)OC)ccc21. The summed E-state index contributed by atoms with van der Waals surface area (Å²) < 4.78 is 39.2. The van der Waals surface area contributed by atoms with Crippen molar-refractivity contribution < 1.29 is 32.3 Å². The van der Waals surface area contributed by atoms with Crippen molar-refractivity contribution in [2.45, 2.75) is 18.4 Å². The lowest BCUT2D eigenvalue weighted by Crippen LogP contribution is -2.26. The van der Waals surface area contributed by atoms with Crippen LogP contribution in [-0.4, -0.2) is 51.6 Å². The number of anilines is 1. The number of hydrogen-bond acceptors (Lipinski definition) is 8. The number of hydrogen-bond donors (Lipinski definition) is 0. The normalized spacial score (nSPS) is 11.8. The van der Waals surface area contributed by atoms with Gasteiger partial charge in [0.25, 0.3) is 15.9 Å². The largest absolute Gasteiger partial charge is 0.465 e. The first kappa shape index (κ1) is 27.7. The summed E-state index contributed by atoms with van der Waals surface area (Å²) in [6.07, 6.45) is 0. The number of benzene rings is 3. The predicted molar refractivity (Wildman–Crippen MR) is 146 cm³/mol. The maximum atomic E-state index is 13.1. The minimum absolute atomic E-state index is 0.0139. The molecule has 0 aliphatic rings. The Hall–Kier alpha value is -4.29. The molecule has 0 saturated carbocycles. The zero-order chi connectivity index (χ0) is 28.2. The summed E-state index contributed by atoms with van der Waals surface area (Å²) >= 11 is 1.12. The Balaban J connectivity index is 1.69. The van der Waals surface area contributed by atoms with Crippen LogP contribution in [-0.2, 0) is 30.8 Å². The number of amides is 1. The van der Waals surface area contributed by atoms with Crippen LogP contribution in [0.3, 0.4) is 0 Å². The van der Waals surface area contributed by atoms with E-state index in [9.17, 15) is 22.8 Å². The fraction of sp³-hybridized carbons (Fsp3) is 0.185. The number of ether oxygens (including phenoxy) is 2. The molecular formula is C27H25N3O7S2. The van der Waals surface area contributed by atoms with Crippen molar-refractivity contribution in [2.75, 3.05) is 25.1 Å². The van der Waals surface area contributed by atoms with E-state index in [4.69, 9.17) is 9.47 Å². The van der Waals surface area contributed by atoms with E-state index in [0.29, 0.717) is 21.5 Å². The highest BCUT2D eigenvalue weighted by molar-refractivity contribution is 7.92. The van der Waals surface area contributed by atoms with Gasteiger partial charge in [0.1, 0.15) is 6.54 Å². The molecule has 1 amide bonds. The lowest BCUT2D eigenvalue weighted by atomic mass is 10.2. The number of carbonyl (C=O) groups is 3. The molecule has 0 aliphatic carbocycles. The highest BCUT2D eigenvalue weighted by Crippen LogP contribution is 2.23. The molecule has 0 aliphatic heterocycles. The Kier molecular flexibility index (Phi) is 8.27. The summed E-state index contributed by atoms with van der Waals surface area (Å²) in [4.78, 5) is 41.7. The van der Waals surface area contributed by atoms with Crippen molar-refractivity contribution in [2.24, 2.45) is 4.99 Å². The van der Waals surface area contributed by atoms with Crippen molar-refractivity contribution in [1.29, 1.82) is 0 Å². The van der Waals surface area contributed by atoms with Gasteiger partial charge in [-0.3, -0.25) is 13.9 Å². The molecule has 0 N–H and O–H groups in total. The highest BCUT2D eigenvalue weighted by Gasteiger charge is 2.22. The first-order valence-electron chi connectivity index (χ1n) is 11.8. The third-order valence-corrected chi connectivity index (χ3v) is 8.61. The molecule has 0 atom stereocenters. The van der Waals surface area contributed by atoms with E-state index in [1.165, 1.54) is 43.0 Å². The van der Waals surface area contributed by atoms with Crippen molar-refractivity contribution in [3.8, 4) is 0 Å². The molecule has 39 heavy (non-hydrogen) atoms. The molecule has 0 radical (unpaired) electrons. The van der Waals surface area contributed by atoms with Gasteiger partial charge in [0.2, 0.25) is 0 Å². The molecule has 12 heteroatoms. The Morgan fingerprint density at radius 3 is 2.28 bits per heavy atom. The van der Waals surface area contributed by atoms with Gasteiger partial charge >= 0.3 is 11.9 Å². The molecule has 10 nitrogen and oxygen atoms in total. The minimum Gasteiger partial charge on any atom is -0.465 e. The summed E-state index contributed by atoms with van der Waals surface area (Å²) in [5.41, 5.74) is 1.55. The van der Waals surface area contributed by atoms with E-state index < -0.39 is 27.9 Å². The number of sulfonamides is 1. The van der Waals surface area contributed by atoms with Crippen LogP contribution in [0.1, 0.15) is 27.6 Å². The van der Waals surface area contributed by atoms with E-state index in [0.717, 1.165) is 15.6 Å². The van der Waals surface area contributed by atoms with E-state index >= 15 is 0 Å². The molecule has 1 aromatic heterocycles. The molecule has 3 aromatic carbocycles. The van der Waals surface area contributed by atoms with Crippen LogP contribution in [0, 0.1) is 0 Å². The van der Waals surface area contributed by atoms with E-state index in [2.05, 4.69) is 4.99 Å². The average Bonchev–Trinajstić information content (AvgIpc) is 3.28. The second kappa shape index (κ2) is 11.6. The number of fused-ring (bicyclic) bond motifs is 1. The van der Waals surface area contributed by atoms with Crippen molar-refractivity contribution in [1.82, 2.24) is 4.57 Å². The number of rotatable bonds is 8. The minimum atomic E-state index is -3.85. The number of methoxy groups -OCH3 is 1. The molecule has 0 bridgehead atoms.